The highest BCUT2D eigenvalue weighted by Crippen LogP contribution is 2.23. The third-order valence-electron chi connectivity index (χ3n) is 4.05. The lowest BCUT2D eigenvalue weighted by Gasteiger charge is -2.17. The van der Waals surface area contributed by atoms with E-state index in [-0.39, 0.29) is 0 Å². The summed E-state index contributed by atoms with van der Waals surface area (Å²) in [5.74, 6) is 0.638. The van der Waals surface area contributed by atoms with Gasteiger partial charge in [0.2, 0.25) is 0 Å². The van der Waals surface area contributed by atoms with Crippen LogP contribution < -0.4 is 5.32 Å². The first-order chi connectivity index (χ1) is 9.60. The number of hydrogen-bond acceptors (Lipinski definition) is 1. The second kappa shape index (κ2) is 6.60. The van der Waals surface area contributed by atoms with E-state index in [0.29, 0.717) is 12.0 Å². The van der Waals surface area contributed by atoms with E-state index in [4.69, 9.17) is 0 Å². The van der Waals surface area contributed by atoms with Crippen LogP contribution in [0.5, 0.6) is 0 Å². The molecule has 20 heavy (non-hydrogen) atoms. The van der Waals surface area contributed by atoms with Gasteiger partial charge >= 0.3 is 0 Å². The molecule has 2 aromatic carbocycles. The second-order valence-electron chi connectivity index (χ2n) is 5.71. The zero-order valence-electron chi connectivity index (χ0n) is 13.0. The van der Waals surface area contributed by atoms with Gasteiger partial charge in [0, 0.05) is 11.7 Å². The molecule has 0 bridgehead atoms. The molecule has 0 radical (unpaired) electrons. The molecule has 0 aliphatic rings. The number of aryl methyl sites for hydroxylation is 1. The molecule has 1 N–H and O–H groups in total. The standard InChI is InChI=1S/C19H25N/c1-5-15(3)17-10-12-19(13-11-17)20-16(4)18-8-6-14(2)7-9-18/h6-13,15-16,20H,5H2,1-4H3. The van der Waals surface area contributed by atoms with Crippen molar-refractivity contribution >= 4 is 5.69 Å². The van der Waals surface area contributed by atoms with Crippen molar-refractivity contribution < 1.29 is 0 Å². The van der Waals surface area contributed by atoms with E-state index in [1.807, 2.05) is 0 Å². The van der Waals surface area contributed by atoms with Gasteiger partial charge in [-0.05, 0) is 49.4 Å². The van der Waals surface area contributed by atoms with E-state index in [1.165, 1.54) is 28.8 Å². The molecule has 2 unspecified atom stereocenters. The number of rotatable bonds is 5. The summed E-state index contributed by atoms with van der Waals surface area (Å²) in [6.45, 7) is 8.83. The van der Waals surface area contributed by atoms with Gasteiger partial charge in [-0.25, -0.2) is 0 Å². The summed E-state index contributed by atoms with van der Waals surface area (Å²) < 4.78 is 0. The molecule has 0 amide bonds. The molecular weight excluding hydrogens is 242 g/mol. The van der Waals surface area contributed by atoms with Crippen molar-refractivity contribution in [3.05, 3.63) is 65.2 Å². The average Bonchev–Trinajstić information content (AvgIpc) is 2.48. The number of nitrogens with one attached hydrogen (secondary N) is 1. The van der Waals surface area contributed by atoms with Gasteiger partial charge < -0.3 is 5.32 Å². The second-order valence-corrected chi connectivity index (χ2v) is 5.71. The van der Waals surface area contributed by atoms with Crippen LogP contribution >= 0.6 is 0 Å². The van der Waals surface area contributed by atoms with E-state index in [1.54, 1.807) is 0 Å². The lowest BCUT2D eigenvalue weighted by molar-refractivity contribution is 0.733. The average molecular weight is 267 g/mol. The fourth-order valence-corrected chi connectivity index (χ4v) is 2.33. The van der Waals surface area contributed by atoms with E-state index in [9.17, 15) is 0 Å². The van der Waals surface area contributed by atoms with Crippen molar-refractivity contribution in [3.8, 4) is 0 Å². The van der Waals surface area contributed by atoms with Crippen LogP contribution in [0.4, 0.5) is 5.69 Å². The third-order valence-corrected chi connectivity index (χ3v) is 4.05. The Morgan fingerprint density at radius 2 is 1.40 bits per heavy atom. The zero-order valence-corrected chi connectivity index (χ0v) is 13.0. The molecule has 0 heterocycles. The fourth-order valence-electron chi connectivity index (χ4n) is 2.33. The summed E-state index contributed by atoms with van der Waals surface area (Å²) in [6.07, 6.45) is 1.19. The molecule has 1 nitrogen and oxygen atoms in total. The lowest BCUT2D eigenvalue weighted by Crippen LogP contribution is -2.06. The van der Waals surface area contributed by atoms with Crippen LogP contribution in [-0.2, 0) is 0 Å². The first-order valence-electron chi connectivity index (χ1n) is 7.53. The van der Waals surface area contributed by atoms with Crippen LogP contribution in [0.15, 0.2) is 48.5 Å². The van der Waals surface area contributed by atoms with Crippen LogP contribution in [0.25, 0.3) is 0 Å². The van der Waals surface area contributed by atoms with Crippen molar-refractivity contribution in [2.24, 2.45) is 0 Å². The minimum Gasteiger partial charge on any atom is -0.379 e. The molecule has 0 aromatic heterocycles. The molecule has 2 atom stereocenters. The van der Waals surface area contributed by atoms with E-state index in [0.717, 1.165) is 0 Å². The van der Waals surface area contributed by atoms with Crippen molar-refractivity contribution in [3.63, 3.8) is 0 Å². The number of hydrogen-bond donors (Lipinski definition) is 1. The lowest BCUT2D eigenvalue weighted by atomic mass is 9.98. The van der Waals surface area contributed by atoms with Crippen LogP contribution in [0, 0.1) is 6.92 Å². The Labute approximate surface area is 123 Å². The summed E-state index contributed by atoms with van der Waals surface area (Å²) in [4.78, 5) is 0. The summed E-state index contributed by atoms with van der Waals surface area (Å²) in [5, 5.41) is 3.56. The highest BCUT2D eigenvalue weighted by atomic mass is 14.9. The first-order valence-corrected chi connectivity index (χ1v) is 7.53. The molecular formula is C19H25N. The Balaban J connectivity index is 2.04. The van der Waals surface area contributed by atoms with Gasteiger partial charge in [-0.2, -0.15) is 0 Å². The summed E-state index contributed by atoms with van der Waals surface area (Å²) in [7, 11) is 0. The Morgan fingerprint density at radius 1 is 0.850 bits per heavy atom. The van der Waals surface area contributed by atoms with Crippen LogP contribution in [0.1, 0.15) is 55.8 Å². The molecule has 106 valence electrons. The SMILES string of the molecule is CCC(C)c1ccc(NC(C)c2ccc(C)cc2)cc1. The molecule has 0 aliphatic heterocycles. The van der Waals surface area contributed by atoms with Gasteiger partial charge in [0.25, 0.3) is 0 Å². The zero-order chi connectivity index (χ0) is 14.5. The van der Waals surface area contributed by atoms with Gasteiger partial charge in [-0.15, -0.1) is 0 Å². The van der Waals surface area contributed by atoms with Gasteiger partial charge in [0.05, 0.1) is 0 Å². The molecule has 0 saturated carbocycles. The quantitative estimate of drug-likeness (QED) is 0.734. The van der Waals surface area contributed by atoms with E-state index < -0.39 is 0 Å². The Kier molecular flexibility index (Phi) is 4.84. The van der Waals surface area contributed by atoms with Crippen molar-refractivity contribution in [1.82, 2.24) is 0 Å². The summed E-state index contributed by atoms with van der Waals surface area (Å²) >= 11 is 0. The predicted molar refractivity (Wildman–Crippen MR) is 88.4 cm³/mol. The van der Waals surface area contributed by atoms with Gasteiger partial charge in [-0.3, -0.25) is 0 Å². The molecule has 0 saturated heterocycles. The molecule has 1 heteroatoms. The monoisotopic (exact) mass is 267 g/mol. The van der Waals surface area contributed by atoms with Gasteiger partial charge in [-0.1, -0.05) is 55.8 Å². The third kappa shape index (κ3) is 3.63. The predicted octanol–water partition coefficient (Wildman–Crippen LogP) is 5.68. The molecule has 2 rings (SSSR count). The van der Waals surface area contributed by atoms with Crippen molar-refractivity contribution in [2.75, 3.05) is 5.32 Å². The minimum atomic E-state index is 0.324. The molecule has 0 spiro atoms. The Hall–Kier alpha value is -1.76. The van der Waals surface area contributed by atoms with Crippen LogP contribution in [-0.4, -0.2) is 0 Å². The number of anilines is 1. The summed E-state index contributed by atoms with van der Waals surface area (Å²) in [6, 6.07) is 17.9. The molecule has 0 aliphatic carbocycles. The van der Waals surface area contributed by atoms with Gasteiger partial charge in [0.15, 0.2) is 0 Å². The Morgan fingerprint density at radius 3 is 1.95 bits per heavy atom. The number of benzene rings is 2. The van der Waals surface area contributed by atoms with Crippen molar-refractivity contribution in [1.29, 1.82) is 0 Å². The van der Waals surface area contributed by atoms with Crippen LogP contribution in [0.2, 0.25) is 0 Å². The van der Waals surface area contributed by atoms with Crippen molar-refractivity contribution in [2.45, 2.75) is 46.1 Å². The minimum absolute atomic E-state index is 0.324. The normalized spacial score (nSPS) is 13.8. The Bertz CT molecular complexity index is 525. The molecule has 2 aromatic rings. The maximum Gasteiger partial charge on any atom is 0.0485 e. The van der Waals surface area contributed by atoms with E-state index in [2.05, 4.69) is 81.5 Å². The van der Waals surface area contributed by atoms with Gasteiger partial charge in [0.1, 0.15) is 0 Å². The highest BCUT2D eigenvalue weighted by molar-refractivity contribution is 5.47. The van der Waals surface area contributed by atoms with Crippen LogP contribution in [0.3, 0.4) is 0 Å². The maximum absolute atomic E-state index is 3.56. The topological polar surface area (TPSA) is 12.0 Å². The highest BCUT2D eigenvalue weighted by Gasteiger charge is 2.06. The first kappa shape index (κ1) is 14.6. The fraction of sp³-hybridized carbons (Fsp3) is 0.368. The van der Waals surface area contributed by atoms with E-state index >= 15 is 0 Å². The smallest absolute Gasteiger partial charge is 0.0485 e. The summed E-state index contributed by atoms with van der Waals surface area (Å²) in [5.41, 5.74) is 5.23. The maximum atomic E-state index is 3.56. The molecule has 0 fully saturated rings. The largest absolute Gasteiger partial charge is 0.379 e.